The number of aryl methyl sites for hydroxylation is 1. The number of hydrogen-bond acceptors (Lipinski definition) is 3. The van der Waals surface area contributed by atoms with E-state index in [1.165, 1.54) is 0 Å². The average molecular weight is 429 g/mol. The van der Waals surface area contributed by atoms with E-state index in [9.17, 15) is 9.59 Å². The van der Waals surface area contributed by atoms with Gasteiger partial charge in [0.2, 0.25) is 0 Å². The summed E-state index contributed by atoms with van der Waals surface area (Å²) >= 11 is 12.2. The van der Waals surface area contributed by atoms with Crippen LogP contribution in [0.1, 0.15) is 40.6 Å². The Hall–Kier alpha value is -2.57. The number of carbonyl (C=O) groups is 1. The molecule has 0 bridgehead atoms. The Labute approximate surface area is 177 Å². The number of aromatic nitrogens is 3. The second-order valence-electron chi connectivity index (χ2n) is 7.57. The van der Waals surface area contributed by atoms with Crippen molar-refractivity contribution in [1.82, 2.24) is 19.0 Å². The Kier molecular flexibility index (Phi) is 4.29. The molecular formula is C21H18Cl2N4O2. The second-order valence-corrected chi connectivity index (χ2v) is 8.39. The van der Waals surface area contributed by atoms with Gasteiger partial charge in [0.1, 0.15) is 11.4 Å². The molecule has 2 aliphatic heterocycles. The van der Waals surface area contributed by atoms with Crippen LogP contribution in [0.5, 0.6) is 0 Å². The monoisotopic (exact) mass is 428 g/mol. The van der Waals surface area contributed by atoms with Crippen LogP contribution in [0, 0.1) is 6.92 Å². The van der Waals surface area contributed by atoms with Crippen molar-refractivity contribution in [3.63, 3.8) is 0 Å². The van der Waals surface area contributed by atoms with Crippen LogP contribution in [-0.4, -0.2) is 31.0 Å². The zero-order chi connectivity index (χ0) is 20.3. The summed E-state index contributed by atoms with van der Waals surface area (Å²) in [6.07, 6.45) is 5.07. The van der Waals surface area contributed by atoms with Gasteiger partial charge in [0.15, 0.2) is 0 Å². The Bertz CT molecular complexity index is 1200. The van der Waals surface area contributed by atoms with Gasteiger partial charge >= 0.3 is 0 Å². The number of rotatable bonds is 2. The van der Waals surface area contributed by atoms with E-state index in [2.05, 4.69) is 4.98 Å². The molecule has 2 aromatic heterocycles. The summed E-state index contributed by atoms with van der Waals surface area (Å²) in [5.41, 5.74) is 2.53. The minimum Gasteiger partial charge on any atom is -0.326 e. The lowest BCUT2D eigenvalue weighted by molar-refractivity contribution is 0.0583. The Balaban J connectivity index is 1.54. The second kappa shape index (κ2) is 6.75. The Morgan fingerprint density at radius 3 is 2.62 bits per heavy atom. The van der Waals surface area contributed by atoms with E-state index >= 15 is 0 Å². The third-order valence-electron chi connectivity index (χ3n) is 5.82. The van der Waals surface area contributed by atoms with Crippen LogP contribution in [0.3, 0.4) is 0 Å². The van der Waals surface area contributed by atoms with E-state index in [4.69, 9.17) is 23.2 Å². The maximum Gasteiger partial charge on any atom is 0.275 e. The molecule has 5 rings (SSSR count). The van der Waals surface area contributed by atoms with E-state index in [0.717, 1.165) is 24.1 Å². The van der Waals surface area contributed by atoms with Gasteiger partial charge in [-0.05, 0) is 49.6 Å². The fourth-order valence-electron chi connectivity index (χ4n) is 4.44. The Morgan fingerprint density at radius 1 is 1.07 bits per heavy atom. The molecule has 0 aliphatic carbocycles. The van der Waals surface area contributed by atoms with Crippen molar-refractivity contribution in [2.24, 2.45) is 0 Å². The molecule has 4 heterocycles. The number of halogens is 2. The van der Waals surface area contributed by atoms with Crippen molar-refractivity contribution in [3.8, 4) is 5.69 Å². The third kappa shape index (κ3) is 2.90. The third-order valence-corrected chi connectivity index (χ3v) is 6.56. The zero-order valence-corrected chi connectivity index (χ0v) is 17.2. The van der Waals surface area contributed by atoms with Gasteiger partial charge in [-0.15, -0.1) is 0 Å². The number of amides is 1. The summed E-state index contributed by atoms with van der Waals surface area (Å²) in [7, 11) is 0. The molecule has 1 amide bonds. The molecule has 1 saturated heterocycles. The molecular weight excluding hydrogens is 411 g/mol. The van der Waals surface area contributed by atoms with Crippen molar-refractivity contribution in [3.05, 3.63) is 80.2 Å². The molecule has 2 aliphatic rings. The summed E-state index contributed by atoms with van der Waals surface area (Å²) in [5.74, 6) is -0.125. The van der Waals surface area contributed by atoms with Crippen LogP contribution in [0.2, 0.25) is 10.0 Å². The first-order valence-electron chi connectivity index (χ1n) is 9.46. The van der Waals surface area contributed by atoms with Crippen molar-refractivity contribution in [1.29, 1.82) is 0 Å². The van der Waals surface area contributed by atoms with Crippen molar-refractivity contribution in [2.45, 2.75) is 38.4 Å². The smallest absolute Gasteiger partial charge is 0.275 e. The number of carbonyl (C=O) groups excluding carboxylic acids is 1. The minimum absolute atomic E-state index is 0.0214. The molecule has 0 saturated carbocycles. The number of fused-ring (bicyclic) bond motifs is 2. The molecule has 3 aromatic rings. The lowest BCUT2D eigenvalue weighted by Crippen LogP contribution is -2.49. The average Bonchev–Trinajstić information content (AvgIpc) is 3.32. The normalized spacial score (nSPS) is 20.7. The van der Waals surface area contributed by atoms with Crippen molar-refractivity contribution in [2.75, 3.05) is 0 Å². The molecule has 8 heteroatoms. The first kappa shape index (κ1) is 18.5. The largest absolute Gasteiger partial charge is 0.326 e. The maximum absolute atomic E-state index is 13.3. The molecule has 0 unspecified atom stereocenters. The fraction of sp³-hybridized carbons (Fsp3) is 0.286. The highest BCUT2D eigenvalue weighted by Gasteiger charge is 2.42. The van der Waals surface area contributed by atoms with E-state index in [1.807, 2.05) is 24.0 Å². The topological polar surface area (TPSA) is 60.1 Å². The van der Waals surface area contributed by atoms with Crippen LogP contribution in [0.4, 0.5) is 0 Å². The van der Waals surface area contributed by atoms with Crippen LogP contribution in [-0.2, 0) is 6.54 Å². The molecule has 29 heavy (non-hydrogen) atoms. The highest BCUT2D eigenvalue weighted by molar-refractivity contribution is 6.42. The number of hydrogen-bond donors (Lipinski definition) is 0. The highest BCUT2D eigenvalue weighted by Crippen LogP contribution is 2.41. The summed E-state index contributed by atoms with van der Waals surface area (Å²) in [5, 5.41) is 0.975. The zero-order valence-electron chi connectivity index (χ0n) is 15.7. The fourth-order valence-corrected chi connectivity index (χ4v) is 4.75. The lowest BCUT2D eigenvalue weighted by atomic mass is 10.0. The molecule has 6 nitrogen and oxygen atoms in total. The van der Waals surface area contributed by atoms with Gasteiger partial charge in [0, 0.05) is 12.7 Å². The van der Waals surface area contributed by atoms with Gasteiger partial charge in [0.05, 0.1) is 34.2 Å². The van der Waals surface area contributed by atoms with Crippen molar-refractivity contribution < 1.29 is 4.79 Å². The van der Waals surface area contributed by atoms with E-state index in [0.29, 0.717) is 28.0 Å². The van der Waals surface area contributed by atoms with Crippen LogP contribution < -0.4 is 5.56 Å². The molecule has 0 radical (unpaired) electrons. The minimum atomic E-state index is -0.175. The number of imidazole rings is 1. The van der Waals surface area contributed by atoms with E-state index in [-0.39, 0.29) is 23.6 Å². The predicted octanol–water partition coefficient (Wildman–Crippen LogP) is 4.01. The van der Waals surface area contributed by atoms with E-state index < -0.39 is 0 Å². The number of benzene rings is 1. The maximum atomic E-state index is 13.3. The van der Waals surface area contributed by atoms with Crippen molar-refractivity contribution >= 4 is 29.1 Å². The number of pyridine rings is 1. The van der Waals surface area contributed by atoms with Crippen LogP contribution in [0.25, 0.3) is 5.69 Å². The number of nitrogens with zero attached hydrogens (tertiary/aromatic N) is 4. The molecule has 148 valence electrons. The molecule has 0 N–H and O–H groups in total. The van der Waals surface area contributed by atoms with Crippen LogP contribution >= 0.6 is 23.2 Å². The molecule has 1 fully saturated rings. The summed E-state index contributed by atoms with van der Waals surface area (Å²) in [6.45, 7) is 2.36. The molecule has 2 atom stereocenters. The standard InChI is InChI=1S/C21H18Cl2N4O2/c1-12-9-25(11-24-12)18-6-7-19-21(29)27-14(10-26(19)20(18)28)3-5-17(27)13-2-4-15(22)16(23)8-13/h2,4,6-9,11,14,17H,3,5,10H2,1H3/t14-,17+/m1/s1. The van der Waals surface area contributed by atoms with Gasteiger partial charge < -0.3 is 14.0 Å². The predicted molar refractivity (Wildman–Crippen MR) is 111 cm³/mol. The summed E-state index contributed by atoms with van der Waals surface area (Å²) in [6, 6.07) is 8.84. The lowest BCUT2D eigenvalue weighted by Gasteiger charge is -2.36. The Morgan fingerprint density at radius 2 is 1.90 bits per heavy atom. The summed E-state index contributed by atoms with van der Waals surface area (Å²) < 4.78 is 3.31. The van der Waals surface area contributed by atoms with Gasteiger partial charge in [-0.2, -0.15) is 0 Å². The van der Waals surface area contributed by atoms with Gasteiger partial charge in [-0.3, -0.25) is 9.59 Å². The molecule has 1 aromatic carbocycles. The first-order valence-corrected chi connectivity index (χ1v) is 10.2. The quantitative estimate of drug-likeness (QED) is 0.619. The van der Waals surface area contributed by atoms with Gasteiger partial charge in [0.25, 0.3) is 11.5 Å². The SMILES string of the molecule is Cc1cn(-c2ccc3n(c2=O)C[C@H]2CC[C@@H](c4ccc(Cl)c(Cl)c4)N2C3=O)cn1. The van der Waals surface area contributed by atoms with Crippen LogP contribution in [0.15, 0.2) is 47.7 Å². The first-order chi connectivity index (χ1) is 13.9. The summed E-state index contributed by atoms with van der Waals surface area (Å²) in [4.78, 5) is 32.5. The molecule has 0 spiro atoms. The van der Waals surface area contributed by atoms with E-state index in [1.54, 1.807) is 39.9 Å². The van der Waals surface area contributed by atoms with Gasteiger partial charge in [-0.1, -0.05) is 29.3 Å². The van der Waals surface area contributed by atoms with Gasteiger partial charge in [-0.25, -0.2) is 4.98 Å². The highest BCUT2D eigenvalue weighted by atomic mass is 35.5.